The van der Waals surface area contributed by atoms with Crippen LogP contribution in [0, 0.1) is 0 Å². The standard InChI is InChI=1S/C16H23N3O/c1-17-8-10-18(11-9-17)13-16(20)19-7-6-14-4-2-3-5-15(14)12-19/h2-5H,6-13H2,1H3/p+2. The van der Waals surface area contributed by atoms with Gasteiger partial charge in [0.25, 0.3) is 5.91 Å². The zero-order valence-electron chi connectivity index (χ0n) is 12.3. The Morgan fingerprint density at radius 3 is 2.60 bits per heavy atom. The smallest absolute Gasteiger partial charge is 0.278 e. The van der Waals surface area contributed by atoms with E-state index in [2.05, 4.69) is 31.3 Å². The van der Waals surface area contributed by atoms with Gasteiger partial charge in [0.2, 0.25) is 0 Å². The van der Waals surface area contributed by atoms with Crippen LogP contribution >= 0.6 is 0 Å². The highest BCUT2D eigenvalue weighted by molar-refractivity contribution is 5.77. The van der Waals surface area contributed by atoms with Crippen LogP contribution in [0.3, 0.4) is 0 Å². The molecule has 1 aromatic carbocycles. The van der Waals surface area contributed by atoms with Gasteiger partial charge in [-0.05, 0) is 17.5 Å². The number of quaternary nitrogens is 2. The second kappa shape index (κ2) is 5.94. The maximum Gasteiger partial charge on any atom is 0.278 e. The second-order valence-corrected chi connectivity index (χ2v) is 6.22. The van der Waals surface area contributed by atoms with Crippen molar-refractivity contribution in [2.24, 2.45) is 0 Å². The number of benzene rings is 1. The molecule has 20 heavy (non-hydrogen) atoms. The first kappa shape index (κ1) is 13.6. The minimum Gasteiger partial charge on any atom is -0.333 e. The molecule has 1 aromatic rings. The molecule has 0 aromatic heterocycles. The molecule has 1 saturated heterocycles. The fourth-order valence-electron chi connectivity index (χ4n) is 3.24. The van der Waals surface area contributed by atoms with E-state index < -0.39 is 0 Å². The van der Waals surface area contributed by atoms with Gasteiger partial charge < -0.3 is 14.7 Å². The number of nitrogens with zero attached hydrogens (tertiary/aromatic N) is 1. The van der Waals surface area contributed by atoms with E-state index in [4.69, 9.17) is 0 Å². The van der Waals surface area contributed by atoms with Crippen molar-refractivity contribution in [1.29, 1.82) is 0 Å². The van der Waals surface area contributed by atoms with Crippen LogP contribution in [-0.2, 0) is 17.8 Å². The first-order chi connectivity index (χ1) is 9.72. The number of piperazine rings is 1. The highest BCUT2D eigenvalue weighted by Gasteiger charge is 2.26. The lowest BCUT2D eigenvalue weighted by Gasteiger charge is -2.31. The molecule has 0 bridgehead atoms. The van der Waals surface area contributed by atoms with Crippen molar-refractivity contribution in [3.05, 3.63) is 35.4 Å². The summed E-state index contributed by atoms with van der Waals surface area (Å²) < 4.78 is 0. The molecule has 1 amide bonds. The number of amides is 1. The molecule has 2 aliphatic rings. The zero-order chi connectivity index (χ0) is 13.9. The number of hydrogen-bond acceptors (Lipinski definition) is 1. The summed E-state index contributed by atoms with van der Waals surface area (Å²) >= 11 is 0. The third-order valence-electron chi connectivity index (χ3n) is 4.70. The molecule has 2 heterocycles. The van der Waals surface area contributed by atoms with Crippen molar-refractivity contribution in [3.63, 3.8) is 0 Å². The first-order valence-corrected chi connectivity index (χ1v) is 7.72. The number of carbonyl (C=O) groups is 1. The van der Waals surface area contributed by atoms with Crippen molar-refractivity contribution in [1.82, 2.24) is 4.90 Å². The van der Waals surface area contributed by atoms with Gasteiger partial charge in [-0.25, -0.2) is 0 Å². The summed E-state index contributed by atoms with van der Waals surface area (Å²) in [6.45, 7) is 6.98. The van der Waals surface area contributed by atoms with Crippen LogP contribution in [0.25, 0.3) is 0 Å². The predicted octanol–water partition coefficient (Wildman–Crippen LogP) is -2.02. The SMILES string of the molecule is C[NH+]1CC[NH+](CC(=O)N2CCc3ccccc3C2)CC1. The van der Waals surface area contributed by atoms with E-state index in [1.165, 1.54) is 29.1 Å². The Kier molecular flexibility index (Phi) is 4.03. The number of rotatable bonds is 2. The summed E-state index contributed by atoms with van der Waals surface area (Å²) in [4.78, 5) is 17.5. The third kappa shape index (κ3) is 3.02. The Morgan fingerprint density at radius 1 is 1.15 bits per heavy atom. The van der Waals surface area contributed by atoms with Crippen molar-refractivity contribution in [2.45, 2.75) is 13.0 Å². The van der Waals surface area contributed by atoms with Crippen molar-refractivity contribution >= 4 is 5.91 Å². The molecule has 0 aliphatic carbocycles. The highest BCUT2D eigenvalue weighted by Crippen LogP contribution is 2.17. The van der Waals surface area contributed by atoms with Gasteiger partial charge in [-0.3, -0.25) is 4.79 Å². The average Bonchev–Trinajstić information content (AvgIpc) is 2.49. The fraction of sp³-hybridized carbons (Fsp3) is 0.562. The van der Waals surface area contributed by atoms with Gasteiger partial charge in [-0.2, -0.15) is 0 Å². The van der Waals surface area contributed by atoms with Gasteiger partial charge in [0.1, 0.15) is 26.2 Å². The topological polar surface area (TPSA) is 29.2 Å². The van der Waals surface area contributed by atoms with E-state index in [1.54, 1.807) is 4.90 Å². The number of nitrogens with one attached hydrogen (secondary N) is 2. The van der Waals surface area contributed by atoms with E-state index in [9.17, 15) is 4.79 Å². The largest absolute Gasteiger partial charge is 0.333 e. The molecule has 4 heteroatoms. The van der Waals surface area contributed by atoms with Gasteiger partial charge in [-0.15, -0.1) is 0 Å². The second-order valence-electron chi connectivity index (χ2n) is 6.22. The number of carbonyl (C=O) groups excluding carboxylic acids is 1. The molecule has 1 fully saturated rings. The van der Waals surface area contributed by atoms with Crippen LogP contribution < -0.4 is 9.80 Å². The summed E-state index contributed by atoms with van der Waals surface area (Å²) in [6, 6.07) is 8.50. The Bertz CT molecular complexity index is 480. The highest BCUT2D eigenvalue weighted by atomic mass is 16.2. The molecule has 2 N–H and O–H groups in total. The van der Waals surface area contributed by atoms with Crippen LogP contribution in [0.4, 0.5) is 0 Å². The number of hydrogen-bond donors (Lipinski definition) is 2. The monoisotopic (exact) mass is 275 g/mol. The molecule has 0 saturated carbocycles. The molecule has 2 aliphatic heterocycles. The van der Waals surface area contributed by atoms with Crippen molar-refractivity contribution in [2.75, 3.05) is 46.3 Å². The van der Waals surface area contributed by atoms with Crippen LogP contribution in [0.15, 0.2) is 24.3 Å². The van der Waals surface area contributed by atoms with E-state index in [0.29, 0.717) is 12.5 Å². The van der Waals surface area contributed by atoms with Gasteiger partial charge in [-0.1, -0.05) is 24.3 Å². The quantitative estimate of drug-likeness (QED) is 0.641. The summed E-state index contributed by atoms with van der Waals surface area (Å²) in [7, 11) is 2.24. The lowest BCUT2D eigenvalue weighted by molar-refractivity contribution is -1.000. The fourth-order valence-corrected chi connectivity index (χ4v) is 3.24. The minimum absolute atomic E-state index is 0.328. The Morgan fingerprint density at radius 2 is 1.85 bits per heavy atom. The van der Waals surface area contributed by atoms with Crippen LogP contribution in [0.2, 0.25) is 0 Å². The lowest BCUT2D eigenvalue weighted by Crippen LogP contribution is -3.27. The van der Waals surface area contributed by atoms with Crippen molar-refractivity contribution in [3.8, 4) is 0 Å². The number of likely N-dealkylation sites (N-methyl/N-ethyl adjacent to an activating group) is 1. The van der Waals surface area contributed by atoms with Crippen LogP contribution in [-0.4, -0.2) is 57.1 Å². The lowest BCUT2D eigenvalue weighted by atomic mass is 10.00. The van der Waals surface area contributed by atoms with E-state index in [0.717, 1.165) is 32.6 Å². The molecular weight excluding hydrogens is 250 g/mol. The molecule has 0 radical (unpaired) electrons. The van der Waals surface area contributed by atoms with E-state index >= 15 is 0 Å². The Labute approximate surface area is 121 Å². The predicted molar refractivity (Wildman–Crippen MR) is 77.7 cm³/mol. The molecule has 108 valence electrons. The van der Waals surface area contributed by atoms with Gasteiger partial charge in [0, 0.05) is 13.1 Å². The number of fused-ring (bicyclic) bond motifs is 1. The molecule has 0 spiro atoms. The summed E-state index contributed by atoms with van der Waals surface area (Å²) in [5.74, 6) is 0.328. The first-order valence-electron chi connectivity index (χ1n) is 7.72. The van der Waals surface area contributed by atoms with E-state index in [-0.39, 0.29) is 0 Å². The van der Waals surface area contributed by atoms with Gasteiger partial charge in [0.15, 0.2) is 6.54 Å². The minimum atomic E-state index is 0.328. The van der Waals surface area contributed by atoms with Crippen molar-refractivity contribution < 1.29 is 14.6 Å². The van der Waals surface area contributed by atoms with Gasteiger partial charge in [0.05, 0.1) is 7.05 Å². The van der Waals surface area contributed by atoms with E-state index in [1.807, 2.05) is 4.90 Å². The molecular formula is C16H25N3O+2. The zero-order valence-corrected chi connectivity index (χ0v) is 12.3. The maximum absolute atomic E-state index is 12.5. The Hall–Kier alpha value is -1.39. The maximum atomic E-state index is 12.5. The molecule has 0 atom stereocenters. The Balaban J connectivity index is 1.56. The molecule has 0 unspecified atom stereocenters. The molecule has 4 nitrogen and oxygen atoms in total. The summed E-state index contributed by atoms with van der Waals surface area (Å²) in [5.41, 5.74) is 2.73. The van der Waals surface area contributed by atoms with Gasteiger partial charge >= 0.3 is 0 Å². The molecule has 3 rings (SSSR count). The summed E-state index contributed by atoms with van der Waals surface area (Å²) in [6.07, 6.45) is 1.00. The average molecular weight is 275 g/mol. The third-order valence-corrected chi connectivity index (χ3v) is 4.70. The summed E-state index contributed by atoms with van der Waals surface area (Å²) in [5, 5.41) is 0. The van der Waals surface area contributed by atoms with Crippen LogP contribution in [0.5, 0.6) is 0 Å². The normalized spacial score (nSPS) is 26.1. The van der Waals surface area contributed by atoms with Crippen LogP contribution in [0.1, 0.15) is 11.1 Å².